The molecule has 0 aromatic heterocycles. The fourth-order valence-corrected chi connectivity index (χ4v) is 4.20. The van der Waals surface area contributed by atoms with E-state index in [4.69, 9.17) is 0 Å². The lowest BCUT2D eigenvalue weighted by Gasteiger charge is -2.29. The lowest BCUT2D eigenvalue weighted by molar-refractivity contribution is 0.490. The van der Waals surface area contributed by atoms with Crippen LogP contribution in [0.15, 0.2) is 46.2 Å². The lowest BCUT2D eigenvalue weighted by Crippen LogP contribution is -1.95. The van der Waals surface area contributed by atoms with Gasteiger partial charge in [-0.05, 0) is 37.1 Å². The Hall–Kier alpha value is -1.29. The zero-order valence-electron chi connectivity index (χ0n) is 9.77. The predicted molar refractivity (Wildman–Crippen MR) is 70.7 cm³/mol. The van der Waals surface area contributed by atoms with Crippen molar-refractivity contribution in [1.29, 1.82) is 0 Å². The summed E-state index contributed by atoms with van der Waals surface area (Å²) in [7, 11) is -2.81. The van der Waals surface area contributed by atoms with Gasteiger partial charge in [-0.2, -0.15) is 0 Å². The van der Waals surface area contributed by atoms with Gasteiger partial charge in [0.15, 0.2) is 0 Å². The molecule has 1 aliphatic heterocycles. The van der Waals surface area contributed by atoms with Gasteiger partial charge in [0, 0.05) is 11.1 Å². The molecule has 0 aliphatic carbocycles. The first-order valence-electron chi connectivity index (χ1n) is 5.50. The second-order valence-electron chi connectivity index (χ2n) is 4.55. The SMILES string of the molecule is Cc1ccc2c(c1)S(O)(O)c1cc(C)ccc1-2. The van der Waals surface area contributed by atoms with Crippen molar-refractivity contribution in [2.24, 2.45) is 0 Å². The van der Waals surface area contributed by atoms with Crippen LogP contribution in [0.4, 0.5) is 0 Å². The van der Waals surface area contributed by atoms with Gasteiger partial charge in [0.25, 0.3) is 0 Å². The number of hydrogen-bond donors (Lipinski definition) is 2. The predicted octanol–water partition coefficient (Wildman–Crippen LogP) is 4.45. The first kappa shape index (κ1) is 10.8. The molecule has 17 heavy (non-hydrogen) atoms. The summed E-state index contributed by atoms with van der Waals surface area (Å²) in [4.78, 5) is 1.33. The van der Waals surface area contributed by atoms with Crippen molar-refractivity contribution in [3.63, 3.8) is 0 Å². The molecule has 0 fully saturated rings. The molecule has 1 heterocycles. The summed E-state index contributed by atoms with van der Waals surface area (Å²) in [6, 6.07) is 11.7. The van der Waals surface area contributed by atoms with Crippen LogP contribution in [0.25, 0.3) is 11.1 Å². The minimum atomic E-state index is -2.81. The van der Waals surface area contributed by atoms with E-state index < -0.39 is 10.6 Å². The van der Waals surface area contributed by atoms with E-state index in [-0.39, 0.29) is 0 Å². The quantitative estimate of drug-likeness (QED) is 0.720. The number of benzene rings is 2. The fourth-order valence-electron chi connectivity index (χ4n) is 2.29. The molecule has 88 valence electrons. The summed E-state index contributed by atoms with van der Waals surface area (Å²) < 4.78 is 20.8. The van der Waals surface area contributed by atoms with Gasteiger partial charge in [-0.15, -0.1) is 10.6 Å². The van der Waals surface area contributed by atoms with Gasteiger partial charge < -0.3 is 0 Å². The van der Waals surface area contributed by atoms with Crippen LogP contribution in [-0.4, -0.2) is 9.11 Å². The first-order chi connectivity index (χ1) is 8.00. The van der Waals surface area contributed by atoms with Gasteiger partial charge >= 0.3 is 0 Å². The molecule has 3 rings (SSSR count). The zero-order valence-corrected chi connectivity index (χ0v) is 10.6. The number of aryl methyl sites for hydroxylation is 2. The Balaban J connectivity index is 2.37. The van der Waals surface area contributed by atoms with E-state index in [1.165, 1.54) is 0 Å². The Morgan fingerprint density at radius 3 is 1.59 bits per heavy atom. The van der Waals surface area contributed by atoms with Crippen molar-refractivity contribution in [2.75, 3.05) is 0 Å². The molecule has 0 spiro atoms. The molecule has 0 amide bonds. The van der Waals surface area contributed by atoms with Crippen molar-refractivity contribution in [2.45, 2.75) is 23.6 Å². The number of hydrogen-bond acceptors (Lipinski definition) is 2. The van der Waals surface area contributed by atoms with Crippen LogP contribution in [0.2, 0.25) is 0 Å². The normalized spacial score (nSPS) is 17.4. The van der Waals surface area contributed by atoms with E-state index in [0.717, 1.165) is 22.3 Å². The molecule has 3 heteroatoms. The zero-order chi connectivity index (χ0) is 12.2. The minimum absolute atomic E-state index is 0.665. The van der Waals surface area contributed by atoms with Crippen molar-refractivity contribution >= 4 is 10.6 Å². The Labute approximate surface area is 102 Å². The van der Waals surface area contributed by atoms with E-state index >= 15 is 0 Å². The molecule has 0 saturated heterocycles. The minimum Gasteiger partial charge on any atom is -0.290 e. The highest BCUT2D eigenvalue weighted by Gasteiger charge is 2.33. The van der Waals surface area contributed by atoms with Crippen molar-refractivity contribution in [3.05, 3.63) is 47.5 Å². The summed E-state index contributed by atoms with van der Waals surface area (Å²) in [5.74, 6) is 0. The highest BCUT2D eigenvalue weighted by atomic mass is 32.3. The number of rotatable bonds is 0. The summed E-state index contributed by atoms with van der Waals surface area (Å²) in [5.41, 5.74) is 4.00. The number of fused-ring (bicyclic) bond motifs is 3. The van der Waals surface area contributed by atoms with Crippen molar-refractivity contribution in [3.8, 4) is 11.1 Å². The summed E-state index contributed by atoms with van der Waals surface area (Å²) in [6.07, 6.45) is 0. The van der Waals surface area contributed by atoms with E-state index in [1.54, 1.807) is 0 Å². The van der Waals surface area contributed by atoms with E-state index in [2.05, 4.69) is 0 Å². The third kappa shape index (κ3) is 1.43. The van der Waals surface area contributed by atoms with Crippen LogP contribution in [0.3, 0.4) is 0 Å². The molecule has 2 aromatic rings. The van der Waals surface area contributed by atoms with Crippen molar-refractivity contribution < 1.29 is 9.11 Å². The summed E-state index contributed by atoms with van der Waals surface area (Å²) in [5, 5.41) is 0. The van der Waals surface area contributed by atoms with E-state index in [1.807, 2.05) is 50.2 Å². The van der Waals surface area contributed by atoms with Crippen LogP contribution in [0, 0.1) is 13.8 Å². The third-order valence-electron chi connectivity index (χ3n) is 3.18. The average molecular weight is 246 g/mol. The van der Waals surface area contributed by atoms with Crippen LogP contribution in [0.1, 0.15) is 11.1 Å². The molecule has 0 saturated carbocycles. The topological polar surface area (TPSA) is 40.5 Å². The van der Waals surface area contributed by atoms with E-state index in [9.17, 15) is 9.11 Å². The fraction of sp³-hybridized carbons (Fsp3) is 0.143. The molecule has 2 N–H and O–H groups in total. The molecule has 0 bridgehead atoms. The maximum atomic E-state index is 10.4. The standard InChI is InChI=1S/C14H14O2S/c1-9-3-5-11-12-6-4-10(2)8-14(12)17(15,16)13(11)7-9/h3-8,15-16H,1-2H3. The first-order valence-corrected chi connectivity index (χ1v) is 7.05. The monoisotopic (exact) mass is 246 g/mol. The van der Waals surface area contributed by atoms with Gasteiger partial charge in [-0.25, -0.2) is 0 Å². The Bertz CT molecular complexity index is 564. The summed E-state index contributed by atoms with van der Waals surface area (Å²) in [6.45, 7) is 3.92. The van der Waals surface area contributed by atoms with Crippen LogP contribution < -0.4 is 0 Å². The molecule has 2 aromatic carbocycles. The lowest BCUT2D eigenvalue weighted by atomic mass is 10.0. The highest BCUT2D eigenvalue weighted by Crippen LogP contribution is 2.66. The molecular weight excluding hydrogens is 232 g/mol. The largest absolute Gasteiger partial charge is 0.290 e. The molecule has 0 atom stereocenters. The van der Waals surface area contributed by atoms with Crippen LogP contribution >= 0.6 is 10.6 Å². The Kier molecular flexibility index (Phi) is 2.14. The molecule has 2 nitrogen and oxygen atoms in total. The molecular formula is C14H14O2S. The molecule has 0 unspecified atom stereocenters. The van der Waals surface area contributed by atoms with Gasteiger partial charge in [0.05, 0.1) is 9.79 Å². The average Bonchev–Trinajstić information content (AvgIpc) is 2.49. The van der Waals surface area contributed by atoms with Gasteiger partial charge in [-0.3, -0.25) is 9.11 Å². The van der Waals surface area contributed by atoms with Crippen molar-refractivity contribution in [1.82, 2.24) is 0 Å². The van der Waals surface area contributed by atoms with Gasteiger partial charge in [0.1, 0.15) is 0 Å². The summed E-state index contributed by atoms with van der Waals surface area (Å²) >= 11 is 0. The second kappa shape index (κ2) is 3.35. The van der Waals surface area contributed by atoms with Crippen LogP contribution in [-0.2, 0) is 0 Å². The van der Waals surface area contributed by atoms with Crippen LogP contribution in [0.5, 0.6) is 0 Å². The molecule has 1 aliphatic rings. The van der Waals surface area contributed by atoms with Gasteiger partial charge in [0.2, 0.25) is 0 Å². The second-order valence-corrected chi connectivity index (χ2v) is 6.53. The highest BCUT2D eigenvalue weighted by molar-refractivity contribution is 8.24. The Morgan fingerprint density at radius 1 is 0.765 bits per heavy atom. The smallest absolute Gasteiger partial charge is 0.0718 e. The third-order valence-corrected chi connectivity index (χ3v) is 5.08. The molecule has 0 radical (unpaired) electrons. The Morgan fingerprint density at radius 2 is 1.18 bits per heavy atom. The maximum Gasteiger partial charge on any atom is 0.0718 e. The van der Waals surface area contributed by atoms with Gasteiger partial charge in [-0.1, -0.05) is 24.3 Å². The van der Waals surface area contributed by atoms with E-state index in [0.29, 0.717) is 9.79 Å². The maximum absolute atomic E-state index is 10.4.